The molecule has 4 N–H and O–H groups in total. The summed E-state index contributed by atoms with van der Waals surface area (Å²) in [6.07, 6.45) is -4.94. The largest absolute Gasteiger partial charge is 0.404 e. The van der Waals surface area contributed by atoms with Crippen LogP contribution in [0.2, 0.25) is 0 Å². The second-order valence-corrected chi connectivity index (χ2v) is 4.90. The van der Waals surface area contributed by atoms with Crippen molar-refractivity contribution in [2.24, 2.45) is 11.1 Å². The molecule has 0 aromatic heterocycles. The van der Waals surface area contributed by atoms with Crippen LogP contribution in [-0.2, 0) is 4.79 Å². The lowest BCUT2D eigenvalue weighted by molar-refractivity contribution is -0.213. The van der Waals surface area contributed by atoms with E-state index < -0.39 is 30.0 Å². The van der Waals surface area contributed by atoms with Gasteiger partial charge in [-0.15, -0.1) is 0 Å². The highest BCUT2D eigenvalue weighted by Gasteiger charge is 2.61. The van der Waals surface area contributed by atoms with Crippen LogP contribution in [0.25, 0.3) is 0 Å². The minimum atomic E-state index is -4.63. The molecule has 114 valence electrons. The molecule has 1 unspecified atom stereocenters. The summed E-state index contributed by atoms with van der Waals surface area (Å²) in [4.78, 5) is 22.9. The summed E-state index contributed by atoms with van der Waals surface area (Å²) in [5.41, 5.74) is 3.03. The van der Waals surface area contributed by atoms with Gasteiger partial charge in [-0.3, -0.25) is 9.59 Å². The number of alkyl halides is 3. The molecule has 1 fully saturated rings. The Labute approximate surface area is 118 Å². The van der Waals surface area contributed by atoms with Crippen molar-refractivity contribution in [2.75, 3.05) is 18.4 Å². The van der Waals surface area contributed by atoms with E-state index in [4.69, 9.17) is 5.73 Å². The van der Waals surface area contributed by atoms with Gasteiger partial charge in [0.05, 0.1) is 0 Å². The molecule has 5 nitrogen and oxygen atoms in total. The maximum absolute atomic E-state index is 13.2. The first-order valence-electron chi connectivity index (χ1n) is 6.25. The Morgan fingerprint density at radius 1 is 1.24 bits per heavy atom. The molecule has 2 rings (SSSR count). The van der Waals surface area contributed by atoms with E-state index in [1.54, 1.807) is 0 Å². The van der Waals surface area contributed by atoms with Crippen molar-refractivity contribution in [3.63, 3.8) is 0 Å². The number of hydrogen-bond donors (Lipinski definition) is 3. The summed E-state index contributed by atoms with van der Waals surface area (Å²) in [5, 5.41) is 4.81. The third kappa shape index (κ3) is 2.85. The quantitative estimate of drug-likeness (QED) is 0.786. The average molecular weight is 301 g/mol. The lowest BCUT2D eigenvalue weighted by Crippen LogP contribution is -2.49. The molecule has 1 heterocycles. The fourth-order valence-corrected chi connectivity index (χ4v) is 2.23. The van der Waals surface area contributed by atoms with Crippen molar-refractivity contribution in [3.05, 3.63) is 29.8 Å². The summed E-state index contributed by atoms with van der Waals surface area (Å²) in [6, 6.07) is 5.35. The Kier molecular flexibility index (Phi) is 3.91. The molecular weight excluding hydrogens is 287 g/mol. The number of carbonyl (C=O) groups excluding carboxylic acids is 2. The van der Waals surface area contributed by atoms with Gasteiger partial charge in [-0.25, -0.2) is 0 Å². The molecule has 1 aliphatic heterocycles. The SMILES string of the molecule is NC(=O)c1ccc(NC(=O)C2(C(F)(F)F)CCNC2)cc1. The van der Waals surface area contributed by atoms with Gasteiger partial charge >= 0.3 is 6.18 Å². The number of primary amides is 1. The number of nitrogens with one attached hydrogen (secondary N) is 2. The second kappa shape index (κ2) is 5.36. The highest BCUT2D eigenvalue weighted by atomic mass is 19.4. The molecule has 21 heavy (non-hydrogen) atoms. The predicted molar refractivity (Wildman–Crippen MR) is 69.6 cm³/mol. The molecule has 8 heteroatoms. The van der Waals surface area contributed by atoms with E-state index >= 15 is 0 Å². The van der Waals surface area contributed by atoms with E-state index in [9.17, 15) is 22.8 Å². The van der Waals surface area contributed by atoms with Gasteiger partial charge in [0.1, 0.15) is 0 Å². The first-order chi connectivity index (χ1) is 9.76. The number of benzene rings is 1. The van der Waals surface area contributed by atoms with Crippen molar-refractivity contribution in [1.29, 1.82) is 0 Å². The van der Waals surface area contributed by atoms with Crippen LogP contribution >= 0.6 is 0 Å². The number of carbonyl (C=O) groups is 2. The molecule has 1 aliphatic rings. The van der Waals surface area contributed by atoms with E-state index in [0.717, 1.165) is 0 Å². The van der Waals surface area contributed by atoms with Gasteiger partial charge in [0.2, 0.25) is 11.8 Å². The molecule has 0 aliphatic carbocycles. The lowest BCUT2D eigenvalue weighted by Gasteiger charge is -2.29. The normalized spacial score (nSPS) is 22.0. The number of halogens is 3. The van der Waals surface area contributed by atoms with E-state index in [-0.39, 0.29) is 24.2 Å². The molecule has 0 radical (unpaired) electrons. The summed E-state index contributed by atoms with van der Waals surface area (Å²) in [5.74, 6) is -1.76. The maximum atomic E-state index is 13.2. The van der Waals surface area contributed by atoms with Crippen molar-refractivity contribution < 1.29 is 22.8 Å². The molecule has 0 saturated carbocycles. The molecule has 0 spiro atoms. The van der Waals surface area contributed by atoms with Gasteiger partial charge in [-0.1, -0.05) is 0 Å². The minimum absolute atomic E-state index is 0.132. The fourth-order valence-electron chi connectivity index (χ4n) is 2.23. The molecule has 1 aromatic rings. The van der Waals surface area contributed by atoms with E-state index in [0.29, 0.717) is 0 Å². The van der Waals surface area contributed by atoms with Gasteiger partial charge in [-0.2, -0.15) is 13.2 Å². The van der Waals surface area contributed by atoms with Crippen molar-refractivity contribution >= 4 is 17.5 Å². The fraction of sp³-hybridized carbons (Fsp3) is 0.385. The van der Waals surface area contributed by atoms with Gasteiger partial charge in [-0.05, 0) is 37.2 Å². The Hall–Kier alpha value is -2.09. The smallest absolute Gasteiger partial charge is 0.366 e. The zero-order chi connectivity index (χ0) is 15.7. The molecule has 1 atom stereocenters. The number of rotatable bonds is 3. The monoisotopic (exact) mass is 301 g/mol. The van der Waals surface area contributed by atoms with Gasteiger partial charge < -0.3 is 16.4 Å². The van der Waals surface area contributed by atoms with Crippen molar-refractivity contribution in [2.45, 2.75) is 12.6 Å². The number of nitrogens with two attached hydrogens (primary N) is 1. The number of hydrogen-bond acceptors (Lipinski definition) is 3. The standard InChI is InChI=1S/C13H14F3N3O2/c14-13(15,16)12(5-6-18-7-12)11(21)19-9-3-1-8(2-4-9)10(17)20/h1-4,18H,5-7H2,(H2,17,20)(H,19,21). The van der Waals surface area contributed by atoms with Crippen LogP contribution in [0, 0.1) is 5.41 Å². The van der Waals surface area contributed by atoms with Crippen LogP contribution in [0.1, 0.15) is 16.8 Å². The summed E-state index contributed by atoms with van der Waals surface area (Å²) in [6.45, 7) is -0.310. The van der Waals surface area contributed by atoms with Gasteiger partial charge in [0.25, 0.3) is 0 Å². The topological polar surface area (TPSA) is 84.2 Å². The molecule has 1 aromatic carbocycles. The van der Waals surface area contributed by atoms with Crippen molar-refractivity contribution in [3.8, 4) is 0 Å². The summed E-state index contributed by atoms with van der Waals surface area (Å²) < 4.78 is 39.5. The predicted octanol–water partition coefficient (Wildman–Crippen LogP) is 1.27. The summed E-state index contributed by atoms with van der Waals surface area (Å²) >= 11 is 0. The van der Waals surface area contributed by atoms with Gasteiger partial charge in [0, 0.05) is 17.8 Å². The van der Waals surface area contributed by atoms with Crippen LogP contribution in [0.3, 0.4) is 0 Å². The Morgan fingerprint density at radius 3 is 2.29 bits per heavy atom. The summed E-state index contributed by atoms with van der Waals surface area (Å²) in [7, 11) is 0. The van der Waals surface area contributed by atoms with Crippen LogP contribution in [0.15, 0.2) is 24.3 Å². The maximum Gasteiger partial charge on any atom is 0.404 e. The third-order valence-electron chi connectivity index (χ3n) is 3.56. The minimum Gasteiger partial charge on any atom is -0.366 e. The number of amides is 2. The molecule has 2 amide bonds. The van der Waals surface area contributed by atoms with E-state index in [2.05, 4.69) is 10.6 Å². The molecule has 1 saturated heterocycles. The lowest BCUT2D eigenvalue weighted by atomic mass is 9.85. The van der Waals surface area contributed by atoms with E-state index in [1.807, 2.05) is 0 Å². The average Bonchev–Trinajstić information content (AvgIpc) is 2.89. The second-order valence-electron chi connectivity index (χ2n) is 4.90. The van der Waals surface area contributed by atoms with Gasteiger partial charge in [0.15, 0.2) is 5.41 Å². The highest BCUT2D eigenvalue weighted by molar-refractivity contribution is 5.97. The first-order valence-corrected chi connectivity index (χ1v) is 6.25. The van der Waals surface area contributed by atoms with Crippen LogP contribution in [0.5, 0.6) is 0 Å². The number of anilines is 1. The Bertz CT molecular complexity index is 549. The Balaban J connectivity index is 2.18. The van der Waals surface area contributed by atoms with Crippen LogP contribution < -0.4 is 16.4 Å². The molecule has 0 bridgehead atoms. The third-order valence-corrected chi connectivity index (χ3v) is 3.56. The van der Waals surface area contributed by atoms with E-state index in [1.165, 1.54) is 24.3 Å². The Morgan fingerprint density at radius 2 is 1.86 bits per heavy atom. The first kappa shape index (κ1) is 15.3. The zero-order valence-corrected chi connectivity index (χ0v) is 11.0. The van der Waals surface area contributed by atoms with Crippen LogP contribution in [-0.4, -0.2) is 31.1 Å². The van der Waals surface area contributed by atoms with Crippen molar-refractivity contribution in [1.82, 2.24) is 5.32 Å². The molecular formula is C13H14F3N3O2. The van der Waals surface area contributed by atoms with Crippen LogP contribution in [0.4, 0.5) is 18.9 Å². The highest BCUT2D eigenvalue weighted by Crippen LogP contribution is 2.43. The zero-order valence-electron chi connectivity index (χ0n) is 11.0.